The lowest BCUT2D eigenvalue weighted by molar-refractivity contribution is -0.137. The molecule has 1 aromatic rings. The zero-order valence-corrected chi connectivity index (χ0v) is 11.6. The van der Waals surface area contributed by atoms with Crippen molar-refractivity contribution in [3.63, 3.8) is 0 Å². The second kappa shape index (κ2) is 8.27. The molecule has 0 saturated heterocycles. The first-order valence-electron chi connectivity index (χ1n) is 6.65. The molecule has 0 aliphatic carbocycles. The molecule has 20 heavy (non-hydrogen) atoms. The van der Waals surface area contributed by atoms with Crippen LogP contribution in [0.3, 0.4) is 0 Å². The van der Waals surface area contributed by atoms with Crippen LogP contribution in [-0.4, -0.2) is 34.1 Å². The molecule has 0 aromatic carbocycles. The first kappa shape index (κ1) is 16.1. The highest BCUT2D eigenvalue weighted by atomic mass is 16.4. The number of nitrogens with one attached hydrogen (secondary N) is 1. The lowest BCUT2D eigenvalue weighted by Crippen LogP contribution is -2.44. The minimum absolute atomic E-state index is 0.0354. The molecule has 0 aliphatic rings. The molecule has 1 aromatic heterocycles. The SMILES string of the molecule is CC(CCC(=O)O)NC(=O)C(N)CCc1ccncc1. The molecule has 2 unspecified atom stereocenters. The Morgan fingerprint density at radius 1 is 1.35 bits per heavy atom. The number of hydrogen-bond acceptors (Lipinski definition) is 4. The summed E-state index contributed by atoms with van der Waals surface area (Å²) in [5.41, 5.74) is 6.91. The predicted octanol–water partition coefficient (Wildman–Crippen LogP) is 0.711. The van der Waals surface area contributed by atoms with Gasteiger partial charge in [-0.05, 0) is 43.9 Å². The van der Waals surface area contributed by atoms with Gasteiger partial charge < -0.3 is 16.2 Å². The molecule has 0 radical (unpaired) electrons. The summed E-state index contributed by atoms with van der Waals surface area (Å²) in [6.07, 6.45) is 5.10. The van der Waals surface area contributed by atoms with Gasteiger partial charge in [-0.25, -0.2) is 0 Å². The zero-order chi connectivity index (χ0) is 15.0. The Kier molecular flexibility index (Phi) is 6.66. The highest BCUT2D eigenvalue weighted by Gasteiger charge is 2.16. The van der Waals surface area contributed by atoms with Gasteiger partial charge in [0.25, 0.3) is 0 Å². The molecular weight excluding hydrogens is 258 g/mol. The smallest absolute Gasteiger partial charge is 0.303 e. The van der Waals surface area contributed by atoms with Crippen molar-refractivity contribution in [3.05, 3.63) is 30.1 Å². The first-order valence-corrected chi connectivity index (χ1v) is 6.65. The Morgan fingerprint density at radius 2 is 2.00 bits per heavy atom. The minimum Gasteiger partial charge on any atom is -0.481 e. The van der Waals surface area contributed by atoms with Crippen LogP contribution < -0.4 is 11.1 Å². The fourth-order valence-electron chi connectivity index (χ4n) is 1.76. The maximum atomic E-state index is 11.8. The highest BCUT2D eigenvalue weighted by Crippen LogP contribution is 2.04. The number of aromatic nitrogens is 1. The normalized spacial score (nSPS) is 13.5. The van der Waals surface area contributed by atoms with E-state index in [4.69, 9.17) is 10.8 Å². The van der Waals surface area contributed by atoms with Crippen LogP contribution in [-0.2, 0) is 16.0 Å². The first-order chi connectivity index (χ1) is 9.49. The second-order valence-electron chi connectivity index (χ2n) is 4.84. The Labute approximate surface area is 118 Å². The van der Waals surface area contributed by atoms with Crippen LogP contribution in [0, 0.1) is 0 Å². The molecule has 6 nitrogen and oxygen atoms in total. The van der Waals surface area contributed by atoms with Gasteiger partial charge in [0.15, 0.2) is 0 Å². The summed E-state index contributed by atoms with van der Waals surface area (Å²) in [7, 11) is 0. The fourth-order valence-corrected chi connectivity index (χ4v) is 1.76. The van der Waals surface area contributed by atoms with Gasteiger partial charge in [0, 0.05) is 24.9 Å². The quantitative estimate of drug-likeness (QED) is 0.650. The molecule has 0 saturated carbocycles. The average Bonchev–Trinajstić information content (AvgIpc) is 2.43. The lowest BCUT2D eigenvalue weighted by Gasteiger charge is -2.17. The Balaban J connectivity index is 2.30. The molecule has 0 bridgehead atoms. The van der Waals surface area contributed by atoms with Gasteiger partial charge in [-0.15, -0.1) is 0 Å². The van der Waals surface area contributed by atoms with Crippen molar-refractivity contribution in [2.24, 2.45) is 5.73 Å². The monoisotopic (exact) mass is 279 g/mol. The van der Waals surface area contributed by atoms with E-state index in [1.54, 1.807) is 19.3 Å². The van der Waals surface area contributed by atoms with Gasteiger partial charge >= 0.3 is 5.97 Å². The summed E-state index contributed by atoms with van der Waals surface area (Å²) >= 11 is 0. The average molecular weight is 279 g/mol. The van der Waals surface area contributed by atoms with Crippen LogP contribution in [0.5, 0.6) is 0 Å². The summed E-state index contributed by atoms with van der Waals surface area (Å²) in [4.78, 5) is 26.2. The van der Waals surface area contributed by atoms with Crippen molar-refractivity contribution in [1.82, 2.24) is 10.3 Å². The molecule has 0 fully saturated rings. The van der Waals surface area contributed by atoms with Gasteiger partial charge in [-0.1, -0.05) is 0 Å². The predicted molar refractivity (Wildman–Crippen MR) is 75.0 cm³/mol. The maximum Gasteiger partial charge on any atom is 0.303 e. The summed E-state index contributed by atoms with van der Waals surface area (Å²) in [5, 5.41) is 11.3. The van der Waals surface area contributed by atoms with E-state index in [9.17, 15) is 9.59 Å². The molecule has 1 amide bonds. The van der Waals surface area contributed by atoms with Crippen LogP contribution in [0.15, 0.2) is 24.5 Å². The van der Waals surface area contributed by atoms with Crippen LogP contribution in [0.2, 0.25) is 0 Å². The summed E-state index contributed by atoms with van der Waals surface area (Å²) in [5.74, 6) is -1.11. The Hall–Kier alpha value is -1.95. The zero-order valence-electron chi connectivity index (χ0n) is 11.6. The molecule has 110 valence electrons. The van der Waals surface area contributed by atoms with E-state index in [1.807, 2.05) is 12.1 Å². The van der Waals surface area contributed by atoms with E-state index in [-0.39, 0.29) is 18.4 Å². The number of amides is 1. The third-order valence-corrected chi connectivity index (χ3v) is 3.01. The number of carbonyl (C=O) groups excluding carboxylic acids is 1. The number of carboxylic acid groups (broad SMARTS) is 1. The van der Waals surface area contributed by atoms with Crippen LogP contribution >= 0.6 is 0 Å². The van der Waals surface area contributed by atoms with E-state index in [0.29, 0.717) is 19.3 Å². The number of carboxylic acids is 1. The van der Waals surface area contributed by atoms with Crippen molar-refractivity contribution in [1.29, 1.82) is 0 Å². The topological polar surface area (TPSA) is 105 Å². The van der Waals surface area contributed by atoms with E-state index in [0.717, 1.165) is 5.56 Å². The Bertz CT molecular complexity index is 437. The van der Waals surface area contributed by atoms with Crippen molar-refractivity contribution in [3.8, 4) is 0 Å². The Morgan fingerprint density at radius 3 is 2.60 bits per heavy atom. The molecule has 2 atom stereocenters. The van der Waals surface area contributed by atoms with Gasteiger partial charge in [0.1, 0.15) is 0 Å². The number of aryl methyl sites for hydroxylation is 1. The molecule has 1 rings (SSSR count). The van der Waals surface area contributed by atoms with Crippen molar-refractivity contribution in [2.45, 2.75) is 44.7 Å². The van der Waals surface area contributed by atoms with Crippen molar-refractivity contribution in [2.75, 3.05) is 0 Å². The molecule has 0 spiro atoms. The van der Waals surface area contributed by atoms with Gasteiger partial charge in [-0.3, -0.25) is 14.6 Å². The third kappa shape index (κ3) is 6.29. The summed E-state index contributed by atoms with van der Waals surface area (Å²) < 4.78 is 0. The minimum atomic E-state index is -0.868. The lowest BCUT2D eigenvalue weighted by atomic mass is 10.1. The maximum absolute atomic E-state index is 11.8. The standard InChI is InChI=1S/C14H21N3O3/c1-10(2-5-13(18)19)17-14(20)12(15)4-3-11-6-8-16-9-7-11/h6-10,12H,2-5,15H2,1H3,(H,17,20)(H,18,19). The van der Waals surface area contributed by atoms with E-state index >= 15 is 0 Å². The molecular formula is C14H21N3O3. The number of pyridine rings is 1. The highest BCUT2D eigenvalue weighted by molar-refractivity contribution is 5.81. The number of nitrogens with two attached hydrogens (primary N) is 1. The molecule has 6 heteroatoms. The van der Waals surface area contributed by atoms with Gasteiger partial charge in [-0.2, -0.15) is 0 Å². The van der Waals surface area contributed by atoms with Crippen molar-refractivity contribution >= 4 is 11.9 Å². The number of hydrogen-bond donors (Lipinski definition) is 3. The molecule has 0 aliphatic heterocycles. The summed E-state index contributed by atoms with van der Waals surface area (Å²) in [6, 6.07) is 3.00. The second-order valence-corrected chi connectivity index (χ2v) is 4.84. The number of nitrogens with zero attached hydrogens (tertiary/aromatic N) is 1. The van der Waals surface area contributed by atoms with Crippen molar-refractivity contribution < 1.29 is 14.7 Å². The summed E-state index contributed by atoms with van der Waals surface area (Å²) in [6.45, 7) is 1.77. The van der Waals surface area contributed by atoms with Gasteiger partial charge in [0.2, 0.25) is 5.91 Å². The largest absolute Gasteiger partial charge is 0.481 e. The van der Waals surface area contributed by atoms with Crippen LogP contribution in [0.25, 0.3) is 0 Å². The number of aliphatic carboxylic acids is 1. The van der Waals surface area contributed by atoms with Gasteiger partial charge in [0.05, 0.1) is 6.04 Å². The molecule has 4 N–H and O–H groups in total. The van der Waals surface area contributed by atoms with E-state index in [2.05, 4.69) is 10.3 Å². The van der Waals surface area contributed by atoms with Crippen LogP contribution in [0.1, 0.15) is 31.7 Å². The fraction of sp³-hybridized carbons (Fsp3) is 0.500. The number of rotatable bonds is 8. The van der Waals surface area contributed by atoms with E-state index in [1.165, 1.54) is 0 Å². The van der Waals surface area contributed by atoms with E-state index < -0.39 is 12.0 Å². The third-order valence-electron chi connectivity index (χ3n) is 3.01. The van der Waals surface area contributed by atoms with Crippen LogP contribution in [0.4, 0.5) is 0 Å². The number of carbonyl (C=O) groups is 2. The molecule has 1 heterocycles.